The first-order chi connectivity index (χ1) is 20.4. The number of aliphatic hydroxyl groups is 2. The number of carbonyl (C=O) groups is 3. The molecule has 0 aliphatic heterocycles. The third-order valence-electron chi connectivity index (χ3n) is 7.85. The number of para-hydroxylation sites is 1. The van der Waals surface area contributed by atoms with Gasteiger partial charge in [0.1, 0.15) is 6.04 Å². The number of rotatable bonds is 11. The van der Waals surface area contributed by atoms with E-state index in [4.69, 9.17) is 5.73 Å². The third-order valence-corrected chi connectivity index (χ3v) is 7.85. The molecular formula is C33H40N4O5. The number of urea groups is 1. The van der Waals surface area contributed by atoms with Crippen LogP contribution in [0.3, 0.4) is 0 Å². The maximum absolute atomic E-state index is 13.4. The Morgan fingerprint density at radius 1 is 0.833 bits per heavy atom. The number of hydrogen-bond donors (Lipinski definition) is 4. The number of amides is 4. The number of nitrogens with one attached hydrogen (secondary N) is 1. The molecule has 3 aromatic rings. The van der Waals surface area contributed by atoms with Crippen LogP contribution in [0.15, 0.2) is 84.9 Å². The van der Waals surface area contributed by atoms with Gasteiger partial charge in [0, 0.05) is 24.7 Å². The summed E-state index contributed by atoms with van der Waals surface area (Å²) in [5, 5.41) is 21.5. The van der Waals surface area contributed by atoms with Gasteiger partial charge in [-0.15, -0.1) is 0 Å². The SMILES string of the molecule is N[C@H](C(=O)NC(=O)[C@@H]1CCCC[C@H]1c1ccc(CN(C(=O)N(CCO)CCO)c2ccccc2)cc1)c1ccccc1. The quantitative estimate of drug-likeness (QED) is 0.277. The number of benzene rings is 3. The Hall–Kier alpha value is -4.05. The lowest BCUT2D eigenvalue weighted by molar-refractivity contribution is -0.134. The summed E-state index contributed by atoms with van der Waals surface area (Å²) in [5.74, 6) is -1.18. The van der Waals surface area contributed by atoms with E-state index < -0.39 is 11.9 Å². The highest BCUT2D eigenvalue weighted by molar-refractivity contribution is 5.99. The van der Waals surface area contributed by atoms with Gasteiger partial charge in [-0.05, 0) is 47.6 Å². The summed E-state index contributed by atoms with van der Waals surface area (Å²) in [7, 11) is 0. The van der Waals surface area contributed by atoms with Crippen LogP contribution in [0.1, 0.15) is 54.3 Å². The number of anilines is 1. The molecule has 42 heavy (non-hydrogen) atoms. The predicted octanol–water partition coefficient (Wildman–Crippen LogP) is 3.72. The zero-order valence-electron chi connectivity index (χ0n) is 23.8. The van der Waals surface area contributed by atoms with Crippen molar-refractivity contribution in [1.82, 2.24) is 10.2 Å². The van der Waals surface area contributed by atoms with Gasteiger partial charge in [0.2, 0.25) is 11.8 Å². The molecule has 0 radical (unpaired) electrons. The van der Waals surface area contributed by atoms with Crippen LogP contribution in [0.5, 0.6) is 0 Å². The van der Waals surface area contributed by atoms with Crippen LogP contribution in [0.25, 0.3) is 0 Å². The second-order valence-electron chi connectivity index (χ2n) is 10.6. The van der Waals surface area contributed by atoms with Gasteiger partial charge >= 0.3 is 6.03 Å². The van der Waals surface area contributed by atoms with Crippen LogP contribution < -0.4 is 16.0 Å². The zero-order valence-corrected chi connectivity index (χ0v) is 23.8. The molecule has 5 N–H and O–H groups in total. The third kappa shape index (κ3) is 7.82. The van der Waals surface area contributed by atoms with Gasteiger partial charge in [-0.2, -0.15) is 0 Å². The van der Waals surface area contributed by atoms with Crippen LogP contribution in [-0.4, -0.2) is 59.3 Å². The Morgan fingerprint density at radius 2 is 1.43 bits per heavy atom. The van der Waals surface area contributed by atoms with E-state index in [1.165, 1.54) is 4.90 Å². The molecule has 0 saturated heterocycles. The Labute approximate surface area is 246 Å². The smallest absolute Gasteiger partial charge is 0.324 e. The van der Waals surface area contributed by atoms with Crippen LogP contribution in [0.2, 0.25) is 0 Å². The first-order valence-electron chi connectivity index (χ1n) is 14.5. The van der Waals surface area contributed by atoms with E-state index in [2.05, 4.69) is 5.32 Å². The van der Waals surface area contributed by atoms with Crippen LogP contribution >= 0.6 is 0 Å². The fraction of sp³-hybridized carbons (Fsp3) is 0.364. The van der Waals surface area contributed by atoms with Gasteiger partial charge in [0.25, 0.3) is 0 Å². The fourth-order valence-corrected chi connectivity index (χ4v) is 5.59. The van der Waals surface area contributed by atoms with Crippen molar-refractivity contribution in [1.29, 1.82) is 0 Å². The van der Waals surface area contributed by atoms with Crippen LogP contribution in [0.4, 0.5) is 10.5 Å². The Kier molecular flexibility index (Phi) is 11.2. The summed E-state index contributed by atoms with van der Waals surface area (Å²) in [5.41, 5.74) is 9.37. The van der Waals surface area contributed by atoms with E-state index in [1.54, 1.807) is 29.2 Å². The van der Waals surface area contributed by atoms with Gasteiger partial charge in [0.05, 0.1) is 19.8 Å². The van der Waals surface area contributed by atoms with E-state index >= 15 is 0 Å². The average molecular weight is 573 g/mol. The normalized spacial score (nSPS) is 17.2. The number of nitrogens with zero attached hydrogens (tertiary/aromatic N) is 2. The van der Waals surface area contributed by atoms with Crippen molar-refractivity contribution in [3.63, 3.8) is 0 Å². The average Bonchev–Trinajstić information content (AvgIpc) is 3.04. The first kappa shape index (κ1) is 30.9. The van der Waals surface area contributed by atoms with Crippen molar-refractivity contribution in [3.05, 3.63) is 102 Å². The van der Waals surface area contributed by atoms with Crippen molar-refractivity contribution >= 4 is 23.5 Å². The number of nitrogens with two attached hydrogens (primary N) is 1. The number of aliphatic hydroxyl groups excluding tert-OH is 2. The molecule has 1 aliphatic rings. The lowest BCUT2D eigenvalue weighted by Crippen LogP contribution is -2.45. The van der Waals surface area contributed by atoms with Crippen LogP contribution in [0, 0.1) is 5.92 Å². The van der Waals surface area contributed by atoms with Crippen molar-refractivity contribution < 1.29 is 24.6 Å². The van der Waals surface area contributed by atoms with Crippen molar-refractivity contribution in [3.8, 4) is 0 Å². The molecule has 4 rings (SSSR count). The second kappa shape index (κ2) is 15.3. The summed E-state index contributed by atoms with van der Waals surface area (Å²) >= 11 is 0. The monoisotopic (exact) mass is 572 g/mol. The summed E-state index contributed by atoms with van der Waals surface area (Å²) in [6.07, 6.45) is 3.43. The molecule has 0 bridgehead atoms. The standard InChI is InChI=1S/C33H40N4O5/c34-30(26-9-3-1-4-10-26)32(41)35-31(40)29-14-8-7-13-28(29)25-17-15-24(16-18-25)23-37(27-11-5-2-6-12-27)33(42)36(19-21-38)20-22-39/h1-6,9-12,15-18,28-30,38-39H,7-8,13-14,19-23,34H2,(H,35,40,41)/t28-,29+,30-/m0/s1. The lowest BCUT2D eigenvalue weighted by atomic mass is 9.75. The summed E-state index contributed by atoms with van der Waals surface area (Å²) in [6, 6.07) is 24.9. The molecule has 1 fully saturated rings. The molecule has 1 saturated carbocycles. The molecule has 3 aromatic carbocycles. The van der Waals surface area contributed by atoms with E-state index in [0.29, 0.717) is 17.7 Å². The number of hydrogen-bond acceptors (Lipinski definition) is 6. The topological polar surface area (TPSA) is 136 Å². The minimum atomic E-state index is -0.919. The second-order valence-corrected chi connectivity index (χ2v) is 10.6. The zero-order chi connectivity index (χ0) is 29.9. The molecular weight excluding hydrogens is 532 g/mol. The molecule has 222 valence electrons. The van der Waals surface area contributed by atoms with Gasteiger partial charge in [-0.3, -0.25) is 19.8 Å². The van der Waals surface area contributed by atoms with Gasteiger partial charge in [-0.25, -0.2) is 4.79 Å². The number of carbonyl (C=O) groups excluding carboxylic acids is 3. The molecule has 0 aromatic heterocycles. The van der Waals surface area contributed by atoms with Crippen LogP contribution in [-0.2, 0) is 16.1 Å². The summed E-state index contributed by atoms with van der Waals surface area (Å²) in [6.45, 7) is 0.111. The molecule has 9 heteroatoms. The lowest BCUT2D eigenvalue weighted by Gasteiger charge is -2.32. The number of imide groups is 1. The summed E-state index contributed by atoms with van der Waals surface area (Å²) in [4.78, 5) is 42.5. The predicted molar refractivity (Wildman–Crippen MR) is 161 cm³/mol. The van der Waals surface area contributed by atoms with E-state index in [1.807, 2.05) is 60.7 Å². The maximum atomic E-state index is 13.4. The van der Waals surface area contributed by atoms with Gasteiger partial charge in [0.15, 0.2) is 0 Å². The Bertz CT molecular complexity index is 1300. The molecule has 1 aliphatic carbocycles. The fourth-order valence-electron chi connectivity index (χ4n) is 5.59. The molecule has 0 unspecified atom stereocenters. The Morgan fingerprint density at radius 3 is 2.05 bits per heavy atom. The van der Waals surface area contributed by atoms with E-state index in [9.17, 15) is 24.6 Å². The van der Waals surface area contributed by atoms with E-state index in [0.717, 1.165) is 30.4 Å². The highest BCUT2D eigenvalue weighted by Crippen LogP contribution is 2.38. The molecule has 0 heterocycles. The highest BCUT2D eigenvalue weighted by Gasteiger charge is 2.34. The first-order valence-corrected chi connectivity index (χ1v) is 14.5. The van der Waals surface area contributed by atoms with E-state index in [-0.39, 0.29) is 56.6 Å². The largest absolute Gasteiger partial charge is 0.395 e. The van der Waals surface area contributed by atoms with Gasteiger partial charge in [-0.1, -0.05) is 85.6 Å². The van der Waals surface area contributed by atoms with Crippen molar-refractivity contribution in [2.45, 2.75) is 44.2 Å². The molecule has 4 amide bonds. The molecule has 9 nitrogen and oxygen atoms in total. The molecule has 0 spiro atoms. The minimum Gasteiger partial charge on any atom is -0.395 e. The summed E-state index contributed by atoms with van der Waals surface area (Å²) < 4.78 is 0. The maximum Gasteiger partial charge on any atom is 0.324 e. The van der Waals surface area contributed by atoms with Crippen molar-refractivity contribution in [2.24, 2.45) is 11.7 Å². The van der Waals surface area contributed by atoms with Gasteiger partial charge < -0.3 is 20.8 Å². The molecule has 3 atom stereocenters. The van der Waals surface area contributed by atoms with Crippen molar-refractivity contribution in [2.75, 3.05) is 31.2 Å². The minimum absolute atomic E-state index is 0.0370. The Balaban J connectivity index is 1.48. The highest BCUT2D eigenvalue weighted by atomic mass is 16.3.